The molecule has 18 heavy (non-hydrogen) atoms. The van der Waals surface area contributed by atoms with Crippen LogP contribution in [-0.2, 0) is 17.6 Å². The molecule has 0 spiro atoms. The predicted molar refractivity (Wildman–Crippen MR) is 74.9 cm³/mol. The third kappa shape index (κ3) is 2.69. The highest BCUT2D eigenvalue weighted by Crippen LogP contribution is 2.36. The van der Waals surface area contributed by atoms with Crippen molar-refractivity contribution in [1.82, 2.24) is 5.32 Å². The smallest absolute Gasteiger partial charge is 0.207 e. The first kappa shape index (κ1) is 13.4. The van der Waals surface area contributed by atoms with Gasteiger partial charge in [-0.3, -0.25) is 4.79 Å². The number of fused-ring (bicyclic) bond motifs is 1. The lowest BCUT2D eigenvalue weighted by molar-refractivity contribution is -0.110. The fourth-order valence-electron chi connectivity index (χ4n) is 2.33. The van der Waals surface area contributed by atoms with Crippen LogP contribution in [0.5, 0.6) is 5.75 Å². The summed E-state index contributed by atoms with van der Waals surface area (Å²) in [4.78, 5) is 10.7. The lowest BCUT2D eigenvalue weighted by Crippen LogP contribution is -2.35. The summed E-state index contributed by atoms with van der Waals surface area (Å²) >= 11 is 3.51. The molecule has 0 aliphatic carbocycles. The second kappa shape index (κ2) is 5.74. The quantitative estimate of drug-likeness (QED) is 0.849. The zero-order valence-electron chi connectivity index (χ0n) is 10.7. The van der Waals surface area contributed by atoms with Gasteiger partial charge in [-0.05, 0) is 39.9 Å². The summed E-state index contributed by atoms with van der Waals surface area (Å²) in [6.07, 6.45) is 2.60. The van der Waals surface area contributed by atoms with E-state index in [1.165, 1.54) is 11.1 Å². The molecular weight excluding hydrogens is 294 g/mol. The molecule has 0 bridgehead atoms. The zero-order chi connectivity index (χ0) is 13.1. The van der Waals surface area contributed by atoms with Crippen LogP contribution in [0.1, 0.15) is 25.0 Å². The Balaban J connectivity index is 2.24. The molecule has 1 N–H and O–H groups in total. The molecule has 1 unspecified atom stereocenters. The van der Waals surface area contributed by atoms with Crippen molar-refractivity contribution in [3.63, 3.8) is 0 Å². The average Bonchev–Trinajstić information content (AvgIpc) is 2.81. The molecule has 1 atom stereocenters. The van der Waals surface area contributed by atoms with E-state index in [9.17, 15) is 4.79 Å². The molecule has 0 fully saturated rings. The monoisotopic (exact) mass is 311 g/mol. The van der Waals surface area contributed by atoms with Gasteiger partial charge >= 0.3 is 0 Å². The molecule has 98 valence electrons. The van der Waals surface area contributed by atoms with Gasteiger partial charge in [0.05, 0.1) is 11.1 Å². The maximum atomic E-state index is 10.7. The Hall–Kier alpha value is -1.03. The van der Waals surface area contributed by atoms with Crippen molar-refractivity contribution in [1.29, 1.82) is 0 Å². The lowest BCUT2D eigenvalue weighted by Gasteiger charge is -2.21. The van der Waals surface area contributed by atoms with Crippen molar-refractivity contribution in [2.45, 2.75) is 32.7 Å². The summed E-state index contributed by atoms with van der Waals surface area (Å²) in [7, 11) is 0. The molecule has 0 aromatic heterocycles. The fraction of sp³-hybridized carbons (Fsp3) is 0.500. The van der Waals surface area contributed by atoms with Crippen LogP contribution in [-0.4, -0.2) is 19.1 Å². The van der Waals surface area contributed by atoms with Crippen molar-refractivity contribution in [2.75, 3.05) is 6.61 Å². The van der Waals surface area contributed by atoms with Crippen LogP contribution in [0.4, 0.5) is 0 Å². The maximum Gasteiger partial charge on any atom is 0.207 e. The molecule has 2 rings (SSSR count). The van der Waals surface area contributed by atoms with Gasteiger partial charge in [0.2, 0.25) is 6.41 Å². The highest BCUT2D eigenvalue weighted by molar-refractivity contribution is 9.10. The van der Waals surface area contributed by atoms with Crippen molar-refractivity contribution in [3.05, 3.63) is 27.7 Å². The third-order valence-corrected chi connectivity index (χ3v) is 4.06. The van der Waals surface area contributed by atoms with Crippen molar-refractivity contribution < 1.29 is 9.53 Å². The molecule has 1 amide bonds. The van der Waals surface area contributed by atoms with Crippen molar-refractivity contribution in [2.24, 2.45) is 5.92 Å². The van der Waals surface area contributed by atoms with Crippen LogP contribution in [0.2, 0.25) is 0 Å². The Morgan fingerprint density at radius 1 is 1.50 bits per heavy atom. The maximum absolute atomic E-state index is 10.7. The second-order valence-corrected chi connectivity index (χ2v) is 5.81. The van der Waals surface area contributed by atoms with Gasteiger partial charge in [-0.2, -0.15) is 0 Å². The van der Waals surface area contributed by atoms with Gasteiger partial charge in [0.25, 0.3) is 0 Å². The van der Waals surface area contributed by atoms with E-state index in [1.54, 1.807) is 0 Å². The second-order valence-electron chi connectivity index (χ2n) is 4.95. The summed E-state index contributed by atoms with van der Waals surface area (Å²) in [6.45, 7) is 4.99. The Morgan fingerprint density at radius 2 is 2.28 bits per heavy atom. The summed E-state index contributed by atoms with van der Waals surface area (Å²) in [5.74, 6) is 1.39. The molecule has 3 nitrogen and oxygen atoms in total. The van der Waals surface area contributed by atoms with Gasteiger partial charge in [-0.15, -0.1) is 0 Å². The first-order valence-corrected chi connectivity index (χ1v) is 7.05. The van der Waals surface area contributed by atoms with E-state index >= 15 is 0 Å². The first-order chi connectivity index (χ1) is 8.63. The number of ether oxygens (including phenoxy) is 1. The van der Waals surface area contributed by atoms with Crippen LogP contribution >= 0.6 is 15.9 Å². The molecule has 0 saturated carbocycles. The number of hydrogen-bond acceptors (Lipinski definition) is 2. The van der Waals surface area contributed by atoms with Gasteiger partial charge in [0.1, 0.15) is 5.75 Å². The number of amides is 1. The molecule has 0 radical (unpaired) electrons. The molecule has 1 aliphatic rings. The molecule has 1 aromatic rings. The lowest BCUT2D eigenvalue weighted by atomic mass is 9.93. The largest absolute Gasteiger partial charge is 0.492 e. The minimum atomic E-state index is 0.174. The van der Waals surface area contributed by atoms with E-state index < -0.39 is 0 Å². The fourth-order valence-corrected chi connectivity index (χ4v) is 2.81. The number of hydrogen-bond donors (Lipinski definition) is 1. The van der Waals surface area contributed by atoms with Crippen molar-refractivity contribution >= 4 is 22.3 Å². The number of carbonyl (C=O) groups excluding carboxylic acids is 1. The van der Waals surface area contributed by atoms with E-state index in [2.05, 4.69) is 41.2 Å². The van der Waals surface area contributed by atoms with Gasteiger partial charge in [0.15, 0.2) is 0 Å². The SMILES string of the molecule is CC(C)C(Cc1ccc(Br)c2c1CCO2)NC=O. The third-order valence-electron chi connectivity index (χ3n) is 3.43. The number of nitrogens with one attached hydrogen (secondary N) is 1. The van der Waals surface area contributed by atoms with Crippen LogP contribution in [0.15, 0.2) is 16.6 Å². The van der Waals surface area contributed by atoms with Crippen LogP contribution in [0.25, 0.3) is 0 Å². The number of rotatable bonds is 5. The molecule has 1 aromatic carbocycles. The minimum absolute atomic E-state index is 0.174. The highest BCUT2D eigenvalue weighted by atomic mass is 79.9. The van der Waals surface area contributed by atoms with Gasteiger partial charge in [0, 0.05) is 18.0 Å². The van der Waals surface area contributed by atoms with Gasteiger partial charge in [-0.1, -0.05) is 19.9 Å². The average molecular weight is 312 g/mol. The number of halogens is 1. The summed E-state index contributed by atoms with van der Waals surface area (Å²) < 4.78 is 6.65. The molecule has 4 heteroatoms. The summed E-state index contributed by atoms with van der Waals surface area (Å²) in [6, 6.07) is 4.32. The van der Waals surface area contributed by atoms with Gasteiger partial charge in [-0.25, -0.2) is 0 Å². The Bertz CT molecular complexity index is 446. The Labute approximate surface area is 116 Å². The highest BCUT2D eigenvalue weighted by Gasteiger charge is 2.22. The molecule has 0 saturated heterocycles. The summed E-state index contributed by atoms with van der Waals surface area (Å²) in [5.41, 5.74) is 2.56. The van der Waals surface area contributed by atoms with Crippen LogP contribution in [0, 0.1) is 5.92 Å². The summed E-state index contributed by atoms with van der Waals surface area (Å²) in [5, 5.41) is 2.90. The number of benzene rings is 1. The van der Waals surface area contributed by atoms with E-state index in [0.717, 1.165) is 36.1 Å². The van der Waals surface area contributed by atoms with Gasteiger partial charge < -0.3 is 10.1 Å². The predicted octanol–water partition coefficient (Wildman–Crippen LogP) is 2.70. The van der Waals surface area contributed by atoms with E-state index in [1.807, 2.05) is 6.07 Å². The zero-order valence-corrected chi connectivity index (χ0v) is 12.3. The Morgan fingerprint density at radius 3 is 2.94 bits per heavy atom. The van der Waals surface area contributed by atoms with E-state index in [4.69, 9.17) is 4.74 Å². The Kier molecular flexibility index (Phi) is 4.27. The van der Waals surface area contributed by atoms with E-state index in [0.29, 0.717) is 5.92 Å². The number of carbonyl (C=O) groups is 1. The first-order valence-electron chi connectivity index (χ1n) is 6.26. The molecule has 1 aliphatic heterocycles. The normalized spacial score (nSPS) is 15.1. The molecule has 1 heterocycles. The van der Waals surface area contributed by atoms with Crippen LogP contribution < -0.4 is 10.1 Å². The van der Waals surface area contributed by atoms with Crippen molar-refractivity contribution in [3.8, 4) is 5.75 Å². The van der Waals surface area contributed by atoms with Crippen LogP contribution in [0.3, 0.4) is 0 Å². The standard InChI is InChI=1S/C14H18BrNO2/c1-9(2)13(16-8-17)7-10-3-4-12(15)14-11(10)5-6-18-14/h3-4,8-9,13H,5-7H2,1-2H3,(H,16,17). The minimum Gasteiger partial charge on any atom is -0.492 e. The topological polar surface area (TPSA) is 38.3 Å². The van der Waals surface area contributed by atoms with E-state index in [-0.39, 0.29) is 6.04 Å². The molecular formula is C14H18BrNO2.